The third-order valence-electron chi connectivity index (χ3n) is 4.26. The molecule has 0 bridgehead atoms. The Morgan fingerprint density at radius 3 is 2.35 bits per heavy atom. The molecule has 0 aliphatic heterocycles. The van der Waals surface area contributed by atoms with Gasteiger partial charge in [-0.2, -0.15) is 4.98 Å². The molecule has 7 heteroatoms. The average molecular weight is 358 g/mol. The van der Waals surface area contributed by atoms with Crippen LogP contribution in [-0.2, 0) is 4.79 Å². The molecular weight excluding hydrogens is 332 g/mol. The quantitative estimate of drug-likeness (QED) is 0.689. The third kappa shape index (κ3) is 5.40. The molecule has 0 aliphatic carbocycles. The predicted octanol–water partition coefficient (Wildman–Crippen LogP) is 2.85. The van der Waals surface area contributed by atoms with Crippen LogP contribution in [0.3, 0.4) is 0 Å². The van der Waals surface area contributed by atoms with Gasteiger partial charge in [0.05, 0.1) is 0 Å². The molecule has 0 spiro atoms. The lowest BCUT2D eigenvalue weighted by molar-refractivity contribution is -0.130. The van der Waals surface area contributed by atoms with E-state index >= 15 is 0 Å². The maximum Gasteiger partial charge on any atom is 0.253 e. The second kappa shape index (κ2) is 9.70. The number of rotatable bonds is 9. The minimum atomic E-state index is -0.0513. The second-order valence-electron chi connectivity index (χ2n) is 6.33. The lowest BCUT2D eigenvalue weighted by atomic mass is 10.1. The van der Waals surface area contributed by atoms with Gasteiger partial charge in [0.25, 0.3) is 5.91 Å². The summed E-state index contributed by atoms with van der Waals surface area (Å²) >= 11 is 0. The van der Waals surface area contributed by atoms with Gasteiger partial charge in [0, 0.05) is 44.7 Å². The van der Waals surface area contributed by atoms with Crippen molar-refractivity contribution in [3.05, 3.63) is 36.2 Å². The Morgan fingerprint density at radius 1 is 1.04 bits per heavy atom. The van der Waals surface area contributed by atoms with E-state index in [2.05, 4.69) is 17.1 Å². The molecule has 0 radical (unpaired) electrons. The van der Waals surface area contributed by atoms with Crippen LogP contribution in [0.2, 0.25) is 0 Å². The molecule has 26 heavy (non-hydrogen) atoms. The molecule has 0 atom stereocenters. The number of carbonyl (C=O) groups is 2. The first-order chi connectivity index (χ1) is 12.5. The minimum Gasteiger partial charge on any atom is -0.346 e. The highest BCUT2D eigenvalue weighted by Crippen LogP contribution is 2.16. The number of nitrogens with zero attached hydrogens (tertiary/aromatic N) is 4. The summed E-state index contributed by atoms with van der Waals surface area (Å²) in [4.78, 5) is 31.8. The molecule has 1 heterocycles. The van der Waals surface area contributed by atoms with E-state index < -0.39 is 0 Å². The van der Waals surface area contributed by atoms with E-state index in [1.165, 1.54) is 6.39 Å². The van der Waals surface area contributed by atoms with Gasteiger partial charge in [-0.3, -0.25) is 9.59 Å². The molecule has 0 unspecified atom stereocenters. The third-order valence-corrected chi connectivity index (χ3v) is 4.26. The minimum absolute atomic E-state index is 0.0513. The van der Waals surface area contributed by atoms with Crippen LogP contribution >= 0.6 is 0 Å². The molecule has 2 aromatic rings. The largest absolute Gasteiger partial charge is 0.346 e. The zero-order chi connectivity index (χ0) is 18.9. The van der Waals surface area contributed by atoms with Gasteiger partial charge in [0.1, 0.15) is 0 Å². The molecule has 1 aromatic heterocycles. The highest BCUT2D eigenvalue weighted by Gasteiger charge is 2.13. The Balaban J connectivity index is 1.81. The normalized spacial score (nSPS) is 10.6. The monoisotopic (exact) mass is 358 g/mol. The molecular formula is C19H26N4O3. The van der Waals surface area contributed by atoms with Gasteiger partial charge in [-0.1, -0.05) is 30.6 Å². The molecule has 0 saturated carbocycles. The van der Waals surface area contributed by atoms with Gasteiger partial charge < -0.3 is 14.3 Å². The Hall–Kier alpha value is -2.70. The van der Waals surface area contributed by atoms with Crippen molar-refractivity contribution in [3.8, 4) is 11.4 Å². The first-order valence-electron chi connectivity index (χ1n) is 8.89. The van der Waals surface area contributed by atoms with Crippen molar-refractivity contribution in [3.63, 3.8) is 0 Å². The van der Waals surface area contributed by atoms with Gasteiger partial charge in [0.15, 0.2) is 0 Å². The Bertz CT molecular complexity index is 698. The lowest BCUT2D eigenvalue weighted by Crippen LogP contribution is -2.32. The fourth-order valence-electron chi connectivity index (χ4n) is 2.57. The SMILES string of the molecule is CCCCC(=O)N(C)CCCN(C)C(=O)c1ccc(-c2ncon2)cc1. The number of unbranched alkanes of at least 4 members (excludes halogenated alkanes) is 1. The van der Waals surface area contributed by atoms with Crippen molar-refractivity contribution in [2.75, 3.05) is 27.2 Å². The summed E-state index contributed by atoms with van der Waals surface area (Å²) in [5.41, 5.74) is 1.40. The predicted molar refractivity (Wildman–Crippen MR) is 98.5 cm³/mol. The van der Waals surface area contributed by atoms with Gasteiger partial charge >= 0.3 is 0 Å². The maximum atomic E-state index is 12.5. The summed E-state index contributed by atoms with van der Waals surface area (Å²) in [6.07, 6.45) is 4.54. The van der Waals surface area contributed by atoms with E-state index in [-0.39, 0.29) is 11.8 Å². The standard InChI is InChI=1S/C19H26N4O3/c1-4-5-7-17(24)22(2)12-6-13-23(3)19(25)16-10-8-15(9-11-16)18-20-14-26-21-18/h8-11,14H,4-7,12-13H2,1-3H3. The lowest BCUT2D eigenvalue weighted by Gasteiger charge is -2.21. The summed E-state index contributed by atoms with van der Waals surface area (Å²) in [6, 6.07) is 7.11. The van der Waals surface area contributed by atoms with Crippen LogP contribution in [0.1, 0.15) is 43.0 Å². The molecule has 1 aromatic carbocycles. The number of aromatic nitrogens is 2. The fourth-order valence-corrected chi connectivity index (χ4v) is 2.57. The molecule has 0 saturated heterocycles. The van der Waals surface area contributed by atoms with Crippen molar-refractivity contribution in [2.24, 2.45) is 0 Å². The topological polar surface area (TPSA) is 79.5 Å². The van der Waals surface area contributed by atoms with Crippen molar-refractivity contribution in [2.45, 2.75) is 32.6 Å². The van der Waals surface area contributed by atoms with E-state index in [4.69, 9.17) is 4.52 Å². The van der Waals surface area contributed by atoms with E-state index in [9.17, 15) is 9.59 Å². The zero-order valence-corrected chi connectivity index (χ0v) is 15.6. The van der Waals surface area contributed by atoms with Crippen LogP contribution in [0, 0.1) is 0 Å². The van der Waals surface area contributed by atoms with Gasteiger partial charge in [0.2, 0.25) is 18.1 Å². The Kier molecular flexibility index (Phi) is 7.32. The van der Waals surface area contributed by atoms with Crippen molar-refractivity contribution in [1.82, 2.24) is 19.9 Å². The van der Waals surface area contributed by atoms with Gasteiger partial charge in [-0.25, -0.2) is 0 Å². The van der Waals surface area contributed by atoms with Crippen LogP contribution in [0.25, 0.3) is 11.4 Å². The first kappa shape index (κ1) is 19.6. The summed E-state index contributed by atoms with van der Waals surface area (Å²) in [5, 5.41) is 3.77. The molecule has 0 fully saturated rings. The number of hydrogen-bond acceptors (Lipinski definition) is 5. The van der Waals surface area contributed by atoms with Crippen LogP contribution in [-0.4, -0.2) is 58.9 Å². The van der Waals surface area contributed by atoms with Crippen LogP contribution < -0.4 is 0 Å². The molecule has 2 amide bonds. The van der Waals surface area contributed by atoms with E-state index in [1.54, 1.807) is 41.1 Å². The number of hydrogen-bond donors (Lipinski definition) is 0. The van der Waals surface area contributed by atoms with Crippen LogP contribution in [0.15, 0.2) is 35.2 Å². The maximum absolute atomic E-state index is 12.5. The highest BCUT2D eigenvalue weighted by atomic mass is 16.5. The highest BCUT2D eigenvalue weighted by molar-refractivity contribution is 5.94. The molecule has 0 aliphatic rings. The van der Waals surface area contributed by atoms with E-state index in [0.29, 0.717) is 30.9 Å². The van der Waals surface area contributed by atoms with Crippen LogP contribution in [0.5, 0.6) is 0 Å². The Labute approximate surface area is 154 Å². The summed E-state index contributed by atoms with van der Waals surface area (Å²) in [5.74, 6) is 0.607. The molecule has 0 N–H and O–H groups in total. The Morgan fingerprint density at radius 2 is 1.73 bits per heavy atom. The number of amides is 2. The number of carbonyl (C=O) groups excluding carboxylic acids is 2. The first-order valence-corrected chi connectivity index (χ1v) is 8.89. The number of benzene rings is 1. The second-order valence-corrected chi connectivity index (χ2v) is 6.33. The zero-order valence-electron chi connectivity index (χ0n) is 15.6. The molecule has 140 valence electrons. The smallest absolute Gasteiger partial charge is 0.253 e. The average Bonchev–Trinajstić information content (AvgIpc) is 3.20. The molecule has 2 rings (SSSR count). The van der Waals surface area contributed by atoms with Crippen molar-refractivity contribution < 1.29 is 14.1 Å². The van der Waals surface area contributed by atoms with Crippen LogP contribution in [0.4, 0.5) is 0 Å². The molecule has 7 nitrogen and oxygen atoms in total. The van der Waals surface area contributed by atoms with Crippen molar-refractivity contribution >= 4 is 11.8 Å². The summed E-state index contributed by atoms with van der Waals surface area (Å²) in [6.45, 7) is 3.32. The summed E-state index contributed by atoms with van der Waals surface area (Å²) < 4.78 is 4.72. The van der Waals surface area contributed by atoms with Gasteiger partial charge in [-0.05, 0) is 25.0 Å². The van der Waals surface area contributed by atoms with Gasteiger partial charge in [-0.15, -0.1) is 0 Å². The van der Waals surface area contributed by atoms with E-state index in [1.807, 2.05) is 7.05 Å². The van der Waals surface area contributed by atoms with E-state index in [0.717, 1.165) is 24.8 Å². The fraction of sp³-hybridized carbons (Fsp3) is 0.474. The van der Waals surface area contributed by atoms with Crippen molar-refractivity contribution in [1.29, 1.82) is 0 Å². The summed E-state index contributed by atoms with van der Waals surface area (Å²) in [7, 11) is 3.59.